The van der Waals surface area contributed by atoms with Gasteiger partial charge in [0.25, 0.3) is 0 Å². The molecule has 0 spiro atoms. The maximum Gasteiger partial charge on any atom is 0.348 e. The SMILES string of the molecule is C[C@@H]1CCCC[C@@H]1Nc1c(C#N)cnn2c([N+](=O)[O-])ccc12. The van der Waals surface area contributed by atoms with Crippen molar-refractivity contribution in [3.8, 4) is 6.07 Å². The van der Waals surface area contributed by atoms with Gasteiger partial charge in [-0.3, -0.25) is 0 Å². The molecule has 1 saturated carbocycles. The molecule has 2 heterocycles. The summed E-state index contributed by atoms with van der Waals surface area (Å²) in [4.78, 5) is 10.6. The van der Waals surface area contributed by atoms with E-state index in [0.717, 1.165) is 19.3 Å². The Morgan fingerprint density at radius 2 is 2.23 bits per heavy atom. The van der Waals surface area contributed by atoms with Crippen LogP contribution in [0.1, 0.15) is 38.2 Å². The molecule has 0 aromatic carbocycles. The average molecular weight is 299 g/mol. The molecule has 114 valence electrons. The minimum Gasteiger partial charge on any atom is -0.377 e. The van der Waals surface area contributed by atoms with Gasteiger partial charge in [0.2, 0.25) is 0 Å². The number of hydrogen-bond acceptors (Lipinski definition) is 5. The van der Waals surface area contributed by atoms with Crippen molar-refractivity contribution in [1.29, 1.82) is 5.26 Å². The minimum absolute atomic E-state index is 0.0979. The molecule has 1 aliphatic carbocycles. The third-order valence-corrected chi connectivity index (χ3v) is 4.41. The van der Waals surface area contributed by atoms with Crippen molar-refractivity contribution in [3.63, 3.8) is 0 Å². The van der Waals surface area contributed by atoms with Gasteiger partial charge in [-0.2, -0.15) is 5.26 Å². The summed E-state index contributed by atoms with van der Waals surface area (Å²) in [5, 5.41) is 27.8. The van der Waals surface area contributed by atoms with Crippen LogP contribution in [0.3, 0.4) is 0 Å². The number of rotatable bonds is 3. The van der Waals surface area contributed by atoms with Gasteiger partial charge in [-0.15, -0.1) is 0 Å². The molecule has 22 heavy (non-hydrogen) atoms. The molecule has 2 aromatic heterocycles. The molecule has 2 atom stereocenters. The van der Waals surface area contributed by atoms with Gasteiger partial charge in [-0.1, -0.05) is 29.4 Å². The number of anilines is 1. The van der Waals surface area contributed by atoms with E-state index in [1.54, 1.807) is 6.07 Å². The number of aromatic nitrogens is 2. The van der Waals surface area contributed by atoms with Crippen molar-refractivity contribution in [2.75, 3.05) is 5.32 Å². The van der Waals surface area contributed by atoms with Crippen molar-refractivity contribution in [1.82, 2.24) is 9.61 Å². The molecule has 1 aliphatic rings. The number of nitro groups is 1. The van der Waals surface area contributed by atoms with Gasteiger partial charge < -0.3 is 15.4 Å². The van der Waals surface area contributed by atoms with Gasteiger partial charge in [-0.25, -0.2) is 0 Å². The lowest BCUT2D eigenvalue weighted by molar-refractivity contribution is -0.390. The first-order chi connectivity index (χ1) is 10.6. The van der Waals surface area contributed by atoms with Crippen LogP contribution in [0.5, 0.6) is 0 Å². The molecule has 0 amide bonds. The van der Waals surface area contributed by atoms with Gasteiger partial charge in [0.1, 0.15) is 17.3 Å². The summed E-state index contributed by atoms with van der Waals surface area (Å²) in [6.07, 6.45) is 5.97. The summed E-state index contributed by atoms with van der Waals surface area (Å²) in [7, 11) is 0. The fourth-order valence-corrected chi connectivity index (χ4v) is 3.14. The molecule has 7 nitrogen and oxygen atoms in total. The van der Waals surface area contributed by atoms with E-state index in [4.69, 9.17) is 0 Å². The first-order valence-corrected chi connectivity index (χ1v) is 7.43. The maximum absolute atomic E-state index is 11.0. The molecule has 0 bridgehead atoms. The Morgan fingerprint density at radius 3 is 2.91 bits per heavy atom. The Bertz CT molecular complexity index is 761. The summed E-state index contributed by atoms with van der Waals surface area (Å²) in [6, 6.07) is 5.46. The van der Waals surface area contributed by atoms with E-state index in [1.165, 1.54) is 23.2 Å². The van der Waals surface area contributed by atoms with Crippen molar-refractivity contribution in [2.24, 2.45) is 5.92 Å². The second-order valence-corrected chi connectivity index (χ2v) is 5.80. The highest BCUT2D eigenvalue weighted by atomic mass is 16.6. The maximum atomic E-state index is 11.0. The van der Waals surface area contributed by atoms with Crippen LogP contribution in [-0.4, -0.2) is 20.6 Å². The summed E-state index contributed by atoms with van der Waals surface area (Å²) in [5.41, 5.74) is 1.63. The zero-order valence-electron chi connectivity index (χ0n) is 12.3. The quantitative estimate of drug-likeness (QED) is 0.694. The predicted molar refractivity (Wildman–Crippen MR) is 81.6 cm³/mol. The number of nitrogens with one attached hydrogen (secondary N) is 1. The zero-order valence-corrected chi connectivity index (χ0v) is 12.3. The average Bonchev–Trinajstić information content (AvgIpc) is 2.94. The Kier molecular flexibility index (Phi) is 3.67. The van der Waals surface area contributed by atoms with Gasteiger partial charge in [0.05, 0.1) is 6.20 Å². The van der Waals surface area contributed by atoms with Crippen molar-refractivity contribution in [3.05, 3.63) is 34.0 Å². The van der Waals surface area contributed by atoms with Gasteiger partial charge in [0.15, 0.2) is 5.52 Å². The number of fused-ring (bicyclic) bond motifs is 1. The van der Waals surface area contributed by atoms with E-state index in [-0.39, 0.29) is 11.9 Å². The molecule has 1 fully saturated rings. The monoisotopic (exact) mass is 299 g/mol. The summed E-state index contributed by atoms with van der Waals surface area (Å²) in [6.45, 7) is 2.20. The Labute approximate surface area is 127 Å². The van der Waals surface area contributed by atoms with Crippen LogP contribution in [-0.2, 0) is 0 Å². The molecule has 7 heteroatoms. The van der Waals surface area contributed by atoms with Crippen molar-refractivity contribution in [2.45, 2.75) is 38.6 Å². The first kappa shape index (κ1) is 14.3. The summed E-state index contributed by atoms with van der Waals surface area (Å²) in [5.74, 6) is 0.415. The normalized spacial score (nSPS) is 21.5. The fraction of sp³-hybridized carbons (Fsp3) is 0.467. The van der Waals surface area contributed by atoms with Crippen LogP contribution in [0.2, 0.25) is 0 Å². The van der Waals surface area contributed by atoms with Crippen LogP contribution < -0.4 is 5.32 Å². The molecule has 0 saturated heterocycles. The first-order valence-electron chi connectivity index (χ1n) is 7.43. The largest absolute Gasteiger partial charge is 0.377 e. The van der Waals surface area contributed by atoms with Crippen LogP contribution in [0.15, 0.2) is 18.3 Å². The standard InChI is InChI=1S/C15H17N5O2/c1-10-4-2-3-5-12(10)18-15-11(8-16)9-17-19-13(15)6-7-14(19)20(21)22/h6-7,9-10,12,18H,2-5H2,1H3/t10-,12+/m1/s1. The molecule has 2 aromatic rings. The molecule has 0 aliphatic heterocycles. The lowest BCUT2D eigenvalue weighted by Crippen LogP contribution is -2.30. The third-order valence-electron chi connectivity index (χ3n) is 4.41. The molecule has 0 unspecified atom stereocenters. The van der Waals surface area contributed by atoms with Gasteiger partial charge in [-0.05, 0) is 29.7 Å². The van der Waals surface area contributed by atoms with E-state index in [1.807, 2.05) is 0 Å². The highest BCUT2D eigenvalue weighted by Gasteiger charge is 2.25. The predicted octanol–water partition coefficient (Wildman–Crippen LogP) is 3.10. The molecular formula is C15H17N5O2. The van der Waals surface area contributed by atoms with Gasteiger partial charge in [0, 0.05) is 12.1 Å². The smallest absolute Gasteiger partial charge is 0.348 e. The Morgan fingerprint density at radius 1 is 1.45 bits per heavy atom. The van der Waals surface area contributed by atoms with E-state index in [9.17, 15) is 15.4 Å². The van der Waals surface area contributed by atoms with Crippen molar-refractivity contribution >= 4 is 17.0 Å². The second-order valence-electron chi connectivity index (χ2n) is 5.80. The third kappa shape index (κ3) is 2.37. The van der Waals surface area contributed by atoms with Crippen LogP contribution >= 0.6 is 0 Å². The van der Waals surface area contributed by atoms with E-state index in [0.29, 0.717) is 22.7 Å². The van der Waals surface area contributed by atoms with Crippen molar-refractivity contribution < 1.29 is 4.92 Å². The van der Waals surface area contributed by atoms with E-state index < -0.39 is 4.92 Å². The minimum atomic E-state index is -0.473. The molecule has 0 radical (unpaired) electrons. The van der Waals surface area contributed by atoms with Crippen LogP contribution in [0.4, 0.5) is 11.5 Å². The van der Waals surface area contributed by atoms with E-state index >= 15 is 0 Å². The molecule has 3 rings (SSSR count). The zero-order chi connectivity index (χ0) is 15.7. The fourth-order valence-electron chi connectivity index (χ4n) is 3.14. The number of nitrogens with zero attached hydrogens (tertiary/aromatic N) is 4. The van der Waals surface area contributed by atoms with Gasteiger partial charge >= 0.3 is 5.82 Å². The number of hydrogen-bond donors (Lipinski definition) is 1. The second kappa shape index (κ2) is 5.64. The van der Waals surface area contributed by atoms with E-state index in [2.05, 4.69) is 23.4 Å². The lowest BCUT2D eigenvalue weighted by Gasteiger charge is -2.30. The van der Waals surface area contributed by atoms with Crippen LogP contribution in [0, 0.1) is 27.4 Å². The Hall–Kier alpha value is -2.62. The highest BCUT2D eigenvalue weighted by Crippen LogP contribution is 2.31. The van der Waals surface area contributed by atoms with Crippen LogP contribution in [0.25, 0.3) is 5.52 Å². The molecule has 1 N–H and O–H groups in total. The number of nitriles is 1. The Balaban J connectivity index is 2.06. The summed E-state index contributed by atoms with van der Waals surface area (Å²) >= 11 is 0. The summed E-state index contributed by atoms with van der Waals surface area (Å²) < 4.78 is 1.27. The highest BCUT2D eigenvalue weighted by molar-refractivity contribution is 5.79. The molecular weight excluding hydrogens is 282 g/mol. The topological polar surface area (TPSA) is 96.3 Å². The lowest BCUT2D eigenvalue weighted by atomic mass is 9.85.